The molecule has 0 unspecified atom stereocenters. The first-order valence-corrected chi connectivity index (χ1v) is 7.50. The Labute approximate surface area is 130 Å². The van der Waals surface area contributed by atoms with Crippen molar-refractivity contribution >= 4 is 5.91 Å². The van der Waals surface area contributed by atoms with E-state index in [4.69, 9.17) is 0 Å². The second kappa shape index (κ2) is 8.95. The fourth-order valence-electron chi connectivity index (χ4n) is 2.14. The fourth-order valence-corrected chi connectivity index (χ4v) is 2.14. The van der Waals surface area contributed by atoms with E-state index in [0.717, 1.165) is 18.4 Å². The SMILES string of the molecule is O=C(CNCCc1ccc(F)cc1)NCCc1ccccc1. The zero-order valence-electron chi connectivity index (χ0n) is 12.5. The quantitative estimate of drug-likeness (QED) is 0.735. The Morgan fingerprint density at radius 3 is 2.23 bits per heavy atom. The van der Waals surface area contributed by atoms with Crippen molar-refractivity contribution in [3.63, 3.8) is 0 Å². The van der Waals surface area contributed by atoms with E-state index in [9.17, 15) is 9.18 Å². The van der Waals surface area contributed by atoms with Crippen molar-refractivity contribution in [2.45, 2.75) is 12.8 Å². The van der Waals surface area contributed by atoms with Crippen LogP contribution in [-0.2, 0) is 17.6 Å². The first-order chi connectivity index (χ1) is 10.7. The molecular formula is C18H21FN2O. The van der Waals surface area contributed by atoms with E-state index in [1.165, 1.54) is 17.7 Å². The first kappa shape index (κ1) is 16.2. The highest BCUT2D eigenvalue weighted by Crippen LogP contribution is 2.02. The standard InChI is InChI=1S/C18H21FN2O/c19-17-8-6-16(7-9-17)10-12-20-14-18(22)21-13-11-15-4-2-1-3-5-15/h1-9,20H,10-14H2,(H,21,22). The molecule has 2 rings (SSSR count). The third kappa shape index (κ3) is 6.06. The largest absolute Gasteiger partial charge is 0.355 e. The van der Waals surface area contributed by atoms with Gasteiger partial charge in [-0.15, -0.1) is 0 Å². The van der Waals surface area contributed by atoms with Crippen LogP contribution in [0.3, 0.4) is 0 Å². The number of amides is 1. The summed E-state index contributed by atoms with van der Waals surface area (Å²) in [6.07, 6.45) is 1.61. The van der Waals surface area contributed by atoms with Gasteiger partial charge in [-0.05, 0) is 42.6 Å². The molecule has 0 spiro atoms. The highest BCUT2D eigenvalue weighted by atomic mass is 19.1. The van der Waals surface area contributed by atoms with E-state index in [2.05, 4.69) is 10.6 Å². The van der Waals surface area contributed by atoms with Gasteiger partial charge >= 0.3 is 0 Å². The Kier molecular flexibility index (Phi) is 6.58. The van der Waals surface area contributed by atoms with Gasteiger partial charge in [-0.2, -0.15) is 0 Å². The normalized spacial score (nSPS) is 10.4. The molecule has 116 valence electrons. The molecule has 22 heavy (non-hydrogen) atoms. The summed E-state index contributed by atoms with van der Waals surface area (Å²) < 4.78 is 12.8. The van der Waals surface area contributed by atoms with E-state index in [1.807, 2.05) is 30.3 Å². The second-order valence-electron chi connectivity index (χ2n) is 5.14. The van der Waals surface area contributed by atoms with Gasteiger partial charge in [0.1, 0.15) is 5.82 Å². The number of hydrogen-bond acceptors (Lipinski definition) is 2. The van der Waals surface area contributed by atoms with Gasteiger partial charge in [-0.25, -0.2) is 4.39 Å². The number of benzene rings is 2. The zero-order chi connectivity index (χ0) is 15.6. The lowest BCUT2D eigenvalue weighted by Crippen LogP contribution is -2.35. The average Bonchev–Trinajstić information content (AvgIpc) is 2.54. The number of hydrogen-bond donors (Lipinski definition) is 2. The van der Waals surface area contributed by atoms with Gasteiger partial charge in [0.15, 0.2) is 0 Å². The molecule has 0 radical (unpaired) electrons. The number of carbonyl (C=O) groups excluding carboxylic acids is 1. The van der Waals surface area contributed by atoms with Gasteiger partial charge in [0, 0.05) is 6.54 Å². The molecule has 0 aliphatic carbocycles. The highest BCUT2D eigenvalue weighted by Gasteiger charge is 2.00. The molecular weight excluding hydrogens is 279 g/mol. The van der Waals surface area contributed by atoms with Crippen LogP contribution < -0.4 is 10.6 Å². The molecule has 2 N–H and O–H groups in total. The Morgan fingerprint density at radius 1 is 0.864 bits per heavy atom. The minimum Gasteiger partial charge on any atom is -0.355 e. The van der Waals surface area contributed by atoms with Crippen molar-refractivity contribution in [3.8, 4) is 0 Å². The Balaban J connectivity index is 1.55. The maximum absolute atomic E-state index is 12.8. The van der Waals surface area contributed by atoms with Crippen LogP contribution in [-0.4, -0.2) is 25.5 Å². The maximum atomic E-state index is 12.8. The maximum Gasteiger partial charge on any atom is 0.233 e. The highest BCUT2D eigenvalue weighted by molar-refractivity contribution is 5.77. The molecule has 0 saturated heterocycles. The van der Waals surface area contributed by atoms with Gasteiger partial charge in [0.2, 0.25) is 5.91 Å². The Hall–Kier alpha value is -2.20. The summed E-state index contributed by atoms with van der Waals surface area (Å²) in [6.45, 7) is 1.64. The predicted molar refractivity (Wildman–Crippen MR) is 86.1 cm³/mol. The van der Waals surface area contributed by atoms with Crippen LogP contribution in [0.5, 0.6) is 0 Å². The molecule has 0 aliphatic heterocycles. The van der Waals surface area contributed by atoms with Crippen LogP contribution in [0.2, 0.25) is 0 Å². The monoisotopic (exact) mass is 300 g/mol. The van der Waals surface area contributed by atoms with E-state index in [1.54, 1.807) is 12.1 Å². The van der Waals surface area contributed by atoms with E-state index < -0.39 is 0 Å². The van der Waals surface area contributed by atoms with Gasteiger partial charge in [-0.3, -0.25) is 4.79 Å². The predicted octanol–water partition coefficient (Wildman–Crippen LogP) is 2.32. The lowest BCUT2D eigenvalue weighted by molar-refractivity contribution is -0.120. The van der Waals surface area contributed by atoms with Gasteiger partial charge < -0.3 is 10.6 Å². The second-order valence-corrected chi connectivity index (χ2v) is 5.14. The van der Waals surface area contributed by atoms with Gasteiger partial charge in [0.25, 0.3) is 0 Å². The molecule has 0 fully saturated rings. The molecule has 0 bridgehead atoms. The van der Waals surface area contributed by atoms with Crippen molar-refractivity contribution in [1.29, 1.82) is 0 Å². The molecule has 2 aromatic carbocycles. The summed E-state index contributed by atoms with van der Waals surface area (Å²) in [4.78, 5) is 11.7. The van der Waals surface area contributed by atoms with Crippen molar-refractivity contribution in [1.82, 2.24) is 10.6 Å². The number of rotatable bonds is 8. The van der Waals surface area contributed by atoms with Gasteiger partial charge in [0.05, 0.1) is 6.54 Å². The molecule has 0 aliphatic rings. The lowest BCUT2D eigenvalue weighted by Gasteiger charge is -2.07. The van der Waals surface area contributed by atoms with E-state index in [-0.39, 0.29) is 11.7 Å². The van der Waals surface area contributed by atoms with Crippen LogP contribution in [0.1, 0.15) is 11.1 Å². The smallest absolute Gasteiger partial charge is 0.233 e. The molecule has 1 amide bonds. The number of carbonyl (C=O) groups is 1. The van der Waals surface area contributed by atoms with Gasteiger partial charge in [-0.1, -0.05) is 42.5 Å². The van der Waals surface area contributed by atoms with Crippen LogP contribution in [0.25, 0.3) is 0 Å². The van der Waals surface area contributed by atoms with Crippen LogP contribution >= 0.6 is 0 Å². The Bertz CT molecular complexity index is 569. The lowest BCUT2D eigenvalue weighted by atomic mass is 10.1. The summed E-state index contributed by atoms with van der Waals surface area (Å²) in [5.74, 6) is -0.232. The molecule has 0 aromatic heterocycles. The molecule has 0 atom stereocenters. The number of nitrogens with one attached hydrogen (secondary N) is 2. The summed E-state index contributed by atoms with van der Waals surface area (Å²) >= 11 is 0. The third-order valence-corrected chi connectivity index (χ3v) is 3.37. The Morgan fingerprint density at radius 2 is 1.50 bits per heavy atom. The van der Waals surface area contributed by atoms with Crippen molar-refractivity contribution in [3.05, 3.63) is 71.5 Å². The number of halogens is 1. The molecule has 4 heteroatoms. The zero-order valence-corrected chi connectivity index (χ0v) is 12.5. The van der Waals surface area contributed by atoms with Crippen molar-refractivity contribution in [2.75, 3.05) is 19.6 Å². The minimum atomic E-state index is -0.227. The first-order valence-electron chi connectivity index (χ1n) is 7.50. The van der Waals surface area contributed by atoms with Crippen molar-refractivity contribution < 1.29 is 9.18 Å². The van der Waals surface area contributed by atoms with Crippen LogP contribution in [0, 0.1) is 5.82 Å². The molecule has 0 heterocycles. The molecule has 0 saturated carbocycles. The summed E-state index contributed by atoms with van der Waals surface area (Å²) in [6, 6.07) is 16.5. The van der Waals surface area contributed by atoms with Crippen molar-refractivity contribution in [2.24, 2.45) is 0 Å². The van der Waals surface area contributed by atoms with Crippen LogP contribution in [0.4, 0.5) is 4.39 Å². The fraction of sp³-hybridized carbons (Fsp3) is 0.278. The average molecular weight is 300 g/mol. The summed E-state index contributed by atoms with van der Waals surface area (Å²) in [7, 11) is 0. The minimum absolute atomic E-state index is 0.00460. The summed E-state index contributed by atoms with van der Waals surface area (Å²) in [5.41, 5.74) is 2.27. The summed E-state index contributed by atoms with van der Waals surface area (Å²) in [5, 5.41) is 5.98. The molecule has 2 aromatic rings. The van der Waals surface area contributed by atoms with E-state index >= 15 is 0 Å². The van der Waals surface area contributed by atoms with E-state index in [0.29, 0.717) is 19.6 Å². The third-order valence-electron chi connectivity index (χ3n) is 3.37. The van der Waals surface area contributed by atoms with Crippen LogP contribution in [0.15, 0.2) is 54.6 Å². The molecule has 3 nitrogen and oxygen atoms in total. The topological polar surface area (TPSA) is 41.1 Å².